The van der Waals surface area contributed by atoms with Gasteiger partial charge in [0.25, 0.3) is 0 Å². The van der Waals surface area contributed by atoms with Gasteiger partial charge in [-0.25, -0.2) is 0 Å². The molecule has 0 aliphatic carbocycles. The Balaban J connectivity index is 2.95. The fraction of sp³-hybridized carbons (Fsp3) is 0.625. The number of nitrogens with one attached hydrogen (secondary N) is 1. The van der Waals surface area contributed by atoms with E-state index in [0.29, 0.717) is 6.04 Å². The Morgan fingerprint density at radius 1 is 1.22 bits per heavy atom. The van der Waals surface area contributed by atoms with Gasteiger partial charge in [-0.1, -0.05) is 38.5 Å². The van der Waals surface area contributed by atoms with Crippen molar-refractivity contribution < 1.29 is 0 Å². The van der Waals surface area contributed by atoms with Crippen LogP contribution in [0.2, 0.25) is 0 Å². The van der Waals surface area contributed by atoms with E-state index in [-0.39, 0.29) is 0 Å². The van der Waals surface area contributed by atoms with E-state index in [1.807, 2.05) is 7.05 Å². The van der Waals surface area contributed by atoms with Crippen LogP contribution in [0.25, 0.3) is 0 Å². The third-order valence-electron chi connectivity index (χ3n) is 3.54. The van der Waals surface area contributed by atoms with Crippen LogP contribution in [0.4, 0.5) is 5.69 Å². The van der Waals surface area contributed by atoms with E-state index >= 15 is 0 Å². The molecular weight excluding hydrogens is 220 g/mol. The molecule has 0 radical (unpaired) electrons. The summed E-state index contributed by atoms with van der Waals surface area (Å²) in [6.07, 6.45) is 3.71. The van der Waals surface area contributed by atoms with Crippen LogP contribution in [-0.4, -0.2) is 19.6 Å². The number of unbranched alkanes of at least 4 members (excludes halogenated alkanes) is 1. The molecule has 0 aromatic heterocycles. The molecule has 0 bridgehead atoms. The van der Waals surface area contributed by atoms with Crippen LogP contribution < -0.4 is 10.2 Å². The average molecular weight is 248 g/mol. The minimum absolute atomic E-state index is 0.606. The van der Waals surface area contributed by atoms with Crippen LogP contribution >= 0.6 is 0 Å². The molecule has 102 valence electrons. The highest BCUT2D eigenvalue weighted by Gasteiger charge is 2.15. The van der Waals surface area contributed by atoms with Gasteiger partial charge < -0.3 is 10.2 Å². The number of nitrogens with zero attached hydrogens (tertiary/aromatic N) is 1. The van der Waals surface area contributed by atoms with Crippen molar-refractivity contribution in [1.82, 2.24) is 5.32 Å². The van der Waals surface area contributed by atoms with Crippen LogP contribution in [0.1, 0.15) is 45.6 Å². The Labute approximate surface area is 112 Å². The van der Waals surface area contributed by atoms with Gasteiger partial charge in [-0.2, -0.15) is 0 Å². The number of anilines is 1. The maximum atomic E-state index is 3.27. The molecule has 0 saturated carbocycles. The van der Waals surface area contributed by atoms with Gasteiger partial charge in [-0.15, -0.1) is 0 Å². The second-order valence-electron chi connectivity index (χ2n) is 4.96. The van der Waals surface area contributed by atoms with E-state index in [2.05, 4.69) is 55.3 Å². The van der Waals surface area contributed by atoms with Gasteiger partial charge in [0.05, 0.1) is 0 Å². The van der Waals surface area contributed by atoms with Gasteiger partial charge in [0.2, 0.25) is 0 Å². The highest BCUT2D eigenvalue weighted by Crippen LogP contribution is 2.24. The second kappa shape index (κ2) is 8.15. The monoisotopic (exact) mass is 248 g/mol. The Hall–Kier alpha value is -1.02. The number of rotatable bonds is 8. The van der Waals surface area contributed by atoms with Gasteiger partial charge in [0.1, 0.15) is 0 Å². The largest absolute Gasteiger partial charge is 0.369 e. The van der Waals surface area contributed by atoms with Crippen LogP contribution in [-0.2, 0) is 6.54 Å². The molecule has 1 unspecified atom stereocenters. The van der Waals surface area contributed by atoms with Crippen LogP contribution in [0, 0.1) is 0 Å². The van der Waals surface area contributed by atoms with Crippen molar-refractivity contribution in [2.24, 2.45) is 0 Å². The molecule has 0 spiro atoms. The molecule has 1 aromatic rings. The van der Waals surface area contributed by atoms with E-state index in [1.54, 1.807) is 0 Å². The van der Waals surface area contributed by atoms with Gasteiger partial charge in [-0.3, -0.25) is 0 Å². The molecular formula is C16H28N2. The quantitative estimate of drug-likeness (QED) is 0.752. The second-order valence-corrected chi connectivity index (χ2v) is 4.96. The van der Waals surface area contributed by atoms with E-state index < -0.39 is 0 Å². The summed E-state index contributed by atoms with van der Waals surface area (Å²) in [6, 6.07) is 9.37. The number of hydrogen-bond acceptors (Lipinski definition) is 2. The molecule has 2 heteroatoms. The molecule has 0 saturated heterocycles. The summed E-state index contributed by atoms with van der Waals surface area (Å²) in [7, 11) is 2.01. The maximum Gasteiger partial charge on any atom is 0.0414 e. The van der Waals surface area contributed by atoms with Gasteiger partial charge in [0, 0.05) is 24.8 Å². The summed E-state index contributed by atoms with van der Waals surface area (Å²) in [5.41, 5.74) is 2.80. The number of para-hydroxylation sites is 1. The first-order chi connectivity index (χ1) is 8.74. The first kappa shape index (κ1) is 15.0. The fourth-order valence-electron chi connectivity index (χ4n) is 2.26. The third kappa shape index (κ3) is 4.02. The Bertz CT molecular complexity index is 336. The lowest BCUT2D eigenvalue weighted by Gasteiger charge is -2.32. The summed E-state index contributed by atoms with van der Waals surface area (Å²) in [6.45, 7) is 8.95. The SMILES string of the molecule is CCCCN(c1ccccc1CNC)C(C)CC. The van der Waals surface area contributed by atoms with Gasteiger partial charge in [-0.05, 0) is 38.4 Å². The van der Waals surface area contributed by atoms with E-state index in [1.165, 1.54) is 30.5 Å². The van der Waals surface area contributed by atoms with Crippen molar-refractivity contribution in [3.05, 3.63) is 29.8 Å². The van der Waals surface area contributed by atoms with Crippen molar-refractivity contribution in [3.8, 4) is 0 Å². The molecule has 1 N–H and O–H groups in total. The van der Waals surface area contributed by atoms with Crippen LogP contribution in [0.5, 0.6) is 0 Å². The lowest BCUT2D eigenvalue weighted by atomic mass is 10.1. The average Bonchev–Trinajstić information content (AvgIpc) is 2.40. The molecule has 1 atom stereocenters. The van der Waals surface area contributed by atoms with E-state index in [0.717, 1.165) is 13.1 Å². The maximum absolute atomic E-state index is 3.27. The molecule has 0 fully saturated rings. The van der Waals surface area contributed by atoms with E-state index in [4.69, 9.17) is 0 Å². The molecule has 2 nitrogen and oxygen atoms in total. The Morgan fingerprint density at radius 2 is 1.94 bits per heavy atom. The van der Waals surface area contributed by atoms with Gasteiger partial charge in [0.15, 0.2) is 0 Å². The third-order valence-corrected chi connectivity index (χ3v) is 3.54. The van der Waals surface area contributed by atoms with Gasteiger partial charge >= 0.3 is 0 Å². The summed E-state index contributed by atoms with van der Waals surface area (Å²) >= 11 is 0. The highest BCUT2D eigenvalue weighted by atomic mass is 15.2. The summed E-state index contributed by atoms with van der Waals surface area (Å²) in [5, 5.41) is 3.27. The first-order valence-electron chi connectivity index (χ1n) is 7.23. The molecule has 0 aliphatic rings. The standard InChI is InChI=1S/C16H28N2/c1-5-7-12-18(14(3)6-2)16-11-9-8-10-15(16)13-17-4/h8-11,14,17H,5-7,12-13H2,1-4H3. The minimum atomic E-state index is 0.606. The minimum Gasteiger partial charge on any atom is -0.369 e. The topological polar surface area (TPSA) is 15.3 Å². The number of hydrogen-bond donors (Lipinski definition) is 1. The summed E-state index contributed by atoms with van der Waals surface area (Å²) in [4.78, 5) is 2.57. The zero-order valence-corrected chi connectivity index (χ0v) is 12.4. The molecule has 1 rings (SSSR count). The lowest BCUT2D eigenvalue weighted by Crippen LogP contribution is -2.34. The van der Waals surface area contributed by atoms with Crippen molar-refractivity contribution >= 4 is 5.69 Å². The summed E-state index contributed by atoms with van der Waals surface area (Å²) < 4.78 is 0. The Morgan fingerprint density at radius 3 is 2.56 bits per heavy atom. The van der Waals surface area contributed by atoms with Crippen molar-refractivity contribution in [3.63, 3.8) is 0 Å². The molecule has 18 heavy (non-hydrogen) atoms. The van der Waals surface area contributed by atoms with E-state index in [9.17, 15) is 0 Å². The highest BCUT2D eigenvalue weighted by molar-refractivity contribution is 5.54. The molecule has 0 heterocycles. The zero-order valence-electron chi connectivity index (χ0n) is 12.4. The predicted octanol–water partition coefficient (Wildman–Crippen LogP) is 3.81. The van der Waals surface area contributed by atoms with Crippen molar-refractivity contribution in [2.75, 3.05) is 18.5 Å². The molecule has 0 aliphatic heterocycles. The predicted molar refractivity (Wildman–Crippen MR) is 81.2 cm³/mol. The Kier molecular flexibility index (Phi) is 6.81. The normalized spacial score (nSPS) is 12.4. The smallest absolute Gasteiger partial charge is 0.0414 e. The lowest BCUT2D eigenvalue weighted by molar-refractivity contribution is 0.592. The van der Waals surface area contributed by atoms with Crippen LogP contribution in [0.3, 0.4) is 0 Å². The summed E-state index contributed by atoms with van der Waals surface area (Å²) in [5.74, 6) is 0. The molecule has 1 aromatic carbocycles. The number of benzene rings is 1. The fourth-order valence-corrected chi connectivity index (χ4v) is 2.26. The zero-order chi connectivity index (χ0) is 13.4. The first-order valence-corrected chi connectivity index (χ1v) is 7.23. The molecule has 0 amide bonds. The van der Waals surface area contributed by atoms with Crippen molar-refractivity contribution in [1.29, 1.82) is 0 Å². The van der Waals surface area contributed by atoms with Crippen LogP contribution in [0.15, 0.2) is 24.3 Å². The van der Waals surface area contributed by atoms with Crippen molar-refractivity contribution in [2.45, 2.75) is 52.6 Å².